The summed E-state index contributed by atoms with van der Waals surface area (Å²) in [6, 6.07) is 7.93. The molecule has 0 aliphatic heterocycles. The van der Waals surface area contributed by atoms with E-state index in [9.17, 15) is 9.59 Å². The smallest absolute Gasteiger partial charge is 0.312 e. The minimum Gasteiger partial charge on any atom is -0.352 e. The number of hydrogen-bond acceptors (Lipinski definition) is 2. The summed E-state index contributed by atoms with van der Waals surface area (Å²) in [5.74, 6) is 0.366. The van der Waals surface area contributed by atoms with Crippen LogP contribution in [-0.4, -0.2) is 18.5 Å². The maximum atomic E-state index is 12.1. The van der Waals surface area contributed by atoms with E-state index in [2.05, 4.69) is 55.7 Å². The van der Waals surface area contributed by atoms with E-state index in [1.54, 1.807) is 0 Å². The van der Waals surface area contributed by atoms with E-state index >= 15 is 0 Å². The Balaban J connectivity index is 2.48. The number of nitrogens with two attached hydrogens (primary N) is 1. The number of benzene rings is 1. The lowest BCUT2D eigenvalue weighted by atomic mass is 9.94. The molecule has 0 aliphatic carbocycles. The molecule has 1 unspecified atom stereocenters. The highest BCUT2D eigenvalue weighted by Gasteiger charge is 2.18. The third-order valence-electron chi connectivity index (χ3n) is 3.86. The lowest BCUT2D eigenvalue weighted by Crippen LogP contribution is -2.32. The van der Waals surface area contributed by atoms with E-state index in [1.807, 2.05) is 0 Å². The van der Waals surface area contributed by atoms with Gasteiger partial charge in [-0.15, -0.1) is 0 Å². The molecule has 0 aromatic heterocycles. The average Bonchev–Trinajstić information content (AvgIpc) is 2.52. The van der Waals surface area contributed by atoms with Crippen molar-refractivity contribution < 1.29 is 9.59 Å². The van der Waals surface area contributed by atoms with Crippen LogP contribution >= 0.6 is 0 Å². The van der Waals surface area contributed by atoms with Gasteiger partial charge < -0.3 is 16.4 Å². The number of unbranched alkanes of at least 4 members (excludes halogenated alkanes) is 1. The third kappa shape index (κ3) is 7.17. The Labute approximate surface area is 139 Å². The van der Waals surface area contributed by atoms with Crippen molar-refractivity contribution in [3.8, 4) is 0 Å². The Morgan fingerprint density at radius 3 is 2.30 bits per heavy atom. The summed E-state index contributed by atoms with van der Waals surface area (Å²) in [5.41, 5.74) is 7.42. The highest BCUT2D eigenvalue weighted by molar-refractivity contribution is 5.76. The number of urea groups is 1. The highest BCUT2D eigenvalue weighted by Crippen LogP contribution is 2.22. The van der Waals surface area contributed by atoms with E-state index in [1.165, 1.54) is 5.56 Å². The fourth-order valence-electron chi connectivity index (χ4n) is 2.46. The minimum absolute atomic E-state index is 0.0251. The molecule has 3 amide bonds. The quantitative estimate of drug-likeness (QED) is 0.611. The molecule has 0 radical (unpaired) electrons. The average molecular weight is 319 g/mol. The summed E-state index contributed by atoms with van der Waals surface area (Å²) in [4.78, 5) is 22.7. The van der Waals surface area contributed by atoms with Gasteiger partial charge in [0.1, 0.15) is 0 Å². The van der Waals surface area contributed by atoms with Crippen LogP contribution in [0.3, 0.4) is 0 Å². The molecule has 0 spiro atoms. The number of carbonyl (C=O) groups is 2. The van der Waals surface area contributed by atoms with E-state index in [0.717, 1.165) is 24.8 Å². The van der Waals surface area contributed by atoms with Crippen molar-refractivity contribution in [2.24, 2.45) is 11.7 Å². The van der Waals surface area contributed by atoms with Crippen molar-refractivity contribution in [3.05, 3.63) is 35.4 Å². The molecule has 1 rings (SSSR count). The van der Waals surface area contributed by atoms with Gasteiger partial charge in [-0.05, 0) is 36.3 Å². The molecule has 23 heavy (non-hydrogen) atoms. The molecule has 128 valence electrons. The summed E-state index contributed by atoms with van der Waals surface area (Å²) < 4.78 is 0. The standard InChI is InChI=1S/C18H29N3O2/c1-4-14-8-10-15(11-9-14)17(13(2)3)21-16(22)7-5-6-12-20-18(19)23/h8-11,13,17H,4-7,12H2,1-3H3,(H,21,22)(H3,19,20,23). The fourth-order valence-corrected chi connectivity index (χ4v) is 2.46. The molecule has 1 aromatic rings. The van der Waals surface area contributed by atoms with Crippen LogP contribution in [0.2, 0.25) is 0 Å². The van der Waals surface area contributed by atoms with Crippen LogP contribution in [0.5, 0.6) is 0 Å². The molecule has 0 heterocycles. The van der Waals surface area contributed by atoms with Gasteiger partial charge in [0.2, 0.25) is 5.91 Å². The molecule has 1 aromatic carbocycles. The maximum Gasteiger partial charge on any atom is 0.312 e. The predicted octanol–water partition coefficient (Wildman–Crippen LogP) is 2.90. The molecular weight excluding hydrogens is 290 g/mol. The second kappa shape index (κ2) is 9.87. The van der Waals surface area contributed by atoms with Gasteiger partial charge in [0.25, 0.3) is 0 Å². The summed E-state index contributed by atoms with van der Waals surface area (Å²) in [6.07, 6.45) is 2.94. The number of primary amides is 1. The Kier molecular flexibility index (Phi) is 8.16. The van der Waals surface area contributed by atoms with Gasteiger partial charge >= 0.3 is 6.03 Å². The first kappa shape index (κ1) is 19.0. The molecular formula is C18H29N3O2. The van der Waals surface area contributed by atoms with Crippen molar-refractivity contribution in [2.75, 3.05) is 6.54 Å². The second-order valence-electron chi connectivity index (χ2n) is 6.13. The topological polar surface area (TPSA) is 84.2 Å². The fraction of sp³-hybridized carbons (Fsp3) is 0.556. The molecule has 0 aliphatic rings. The number of aryl methyl sites for hydroxylation is 1. The van der Waals surface area contributed by atoms with Gasteiger partial charge in [0, 0.05) is 13.0 Å². The number of nitrogens with one attached hydrogen (secondary N) is 2. The lowest BCUT2D eigenvalue weighted by molar-refractivity contribution is -0.122. The van der Waals surface area contributed by atoms with Gasteiger partial charge in [-0.2, -0.15) is 0 Å². The number of rotatable bonds is 9. The lowest BCUT2D eigenvalue weighted by Gasteiger charge is -2.23. The molecule has 0 bridgehead atoms. The zero-order valence-electron chi connectivity index (χ0n) is 14.4. The monoisotopic (exact) mass is 319 g/mol. The molecule has 0 fully saturated rings. The molecule has 0 saturated carbocycles. The largest absolute Gasteiger partial charge is 0.352 e. The first-order valence-corrected chi connectivity index (χ1v) is 8.35. The van der Waals surface area contributed by atoms with Crippen LogP contribution in [0.15, 0.2) is 24.3 Å². The van der Waals surface area contributed by atoms with Crippen LogP contribution in [-0.2, 0) is 11.2 Å². The minimum atomic E-state index is -0.523. The van der Waals surface area contributed by atoms with Crippen LogP contribution < -0.4 is 16.4 Å². The van der Waals surface area contributed by atoms with Crippen molar-refractivity contribution in [2.45, 2.75) is 52.5 Å². The van der Waals surface area contributed by atoms with Crippen molar-refractivity contribution in [1.29, 1.82) is 0 Å². The summed E-state index contributed by atoms with van der Waals surface area (Å²) in [6.45, 7) is 6.85. The Hall–Kier alpha value is -2.04. The molecule has 5 nitrogen and oxygen atoms in total. The number of hydrogen-bond donors (Lipinski definition) is 3. The van der Waals surface area contributed by atoms with Gasteiger partial charge in [-0.25, -0.2) is 4.79 Å². The van der Waals surface area contributed by atoms with Crippen LogP contribution in [0.1, 0.15) is 57.2 Å². The molecule has 0 saturated heterocycles. The van der Waals surface area contributed by atoms with E-state index in [0.29, 0.717) is 18.9 Å². The zero-order valence-corrected chi connectivity index (χ0v) is 14.4. The summed E-state index contributed by atoms with van der Waals surface area (Å²) >= 11 is 0. The summed E-state index contributed by atoms with van der Waals surface area (Å²) in [5, 5.41) is 5.64. The SMILES string of the molecule is CCc1ccc(C(NC(=O)CCCCNC(N)=O)C(C)C)cc1. The van der Waals surface area contributed by atoms with Crippen LogP contribution in [0.25, 0.3) is 0 Å². The molecule has 5 heteroatoms. The van der Waals surface area contributed by atoms with Crippen LogP contribution in [0, 0.1) is 5.92 Å². The van der Waals surface area contributed by atoms with Crippen molar-refractivity contribution in [1.82, 2.24) is 10.6 Å². The maximum absolute atomic E-state index is 12.1. The van der Waals surface area contributed by atoms with Crippen LogP contribution in [0.4, 0.5) is 4.79 Å². The van der Waals surface area contributed by atoms with Crippen molar-refractivity contribution in [3.63, 3.8) is 0 Å². The molecule has 1 atom stereocenters. The van der Waals surface area contributed by atoms with E-state index in [4.69, 9.17) is 5.73 Å². The van der Waals surface area contributed by atoms with E-state index < -0.39 is 6.03 Å². The predicted molar refractivity (Wildman–Crippen MR) is 93.0 cm³/mol. The Morgan fingerprint density at radius 2 is 1.78 bits per heavy atom. The van der Waals surface area contributed by atoms with Gasteiger partial charge in [-0.1, -0.05) is 45.0 Å². The first-order valence-electron chi connectivity index (χ1n) is 8.35. The highest BCUT2D eigenvalue weighted by atomic mass is 16.2. The van der Waals surface area contributed by atoms with E-state index in [-0.39, 0.29) is 11.9 Å². The summed E-state index contributed by atoms with van der Waals surface area (Å²) in [7, 11) is 0. The number of amides is 3. The molecule has 4 N–H and O–H groups in total. The number of carbonyl (C=O) groups excluding carboxylic acids is 2. The first-order chi connectivity index (χ1) is 10.9. The Morgan fingerprint density at radius 1 is 1.13 bits per heavy atom. The zero-order chi connectivity index (χ0) is 17.2. The van der Waals surface area contributed by atoms with Gasteiger partial charge in [0.05, 0.1) is 6.04 Å². The second-order valence-corrected chi connectivity index (χ2v) is 6.13. The Bertz CT molecular complexity index is 497. The van der Waals surface area contributed by atoms with Crippen molar-refractivity contribution >= 4 is 11.9 Å². The van der Waals surface area contributed by atoms with Gasteiger partial charge in [0.15, 0.2) is 0 Å². The third-order valence-corrected chi connectivity index (χ3v) is 3.86. The normalized spacial score (nSPS) is 12.0. The van der Waals surface area contributed by atoms with Gasteiger partial charge in [-0.3, -0.25) is 4.79 Å².